The molecule has 0 radical (unpaired) electrons. The van der Waals surface area contributed by atoms with Gasteiger partial charge in [-0.3, -0.25) is 4.79 Å². The van der Waals surface area contributed by atoms with Crippen molar-refractivity contribution in [1.82, 2.24) is 9.73 Å². The molecule has 1 aromatic heterocycles. The number of methoxy groups -OCH3 is 1. The van der Waals surface area contributed by atoms with Crippen molar-refractivity contribution in [3.63, 3.8) is 0 Å². The Bertz CT molecular complexity index is 723. The van der Waals surface area contributed by atoms with E-state index in [9.17, 15) is 9.00 Å². The van der Waals surface area contributed by atoms with Gasteiger partial charge in [0, 0.05) is 6.26 Å². The van der Waals surface area contributed by atoms with Crippen molar-refractivity contribution >= 4 is 23.1 Å². The van der Waals surface area contributed by atoms with Gasteiger partial charge in [-0.05, 0) is 31.2 Å². The maximum absolute atomic E-state index is 12.3. The van der Waals surface area contributed by atoms with Crippen molar-refractivity contribution < 1.29 is 18.2 Å². The van der Waals surface area contributed by atoms with Gasteiger partial charge in [-0.15, -0.1) is 0 Å². The number of nitrogens with zero attached hydrogens (tertiary/aromatic N) is 2. The van der Waals surface area contributed by atoms with Crippen molar-refractivity contribution in [3.05, 3.63) is 60.3 Å². The molecule has 1 N–H and O–H groups in total. The van der Waals surface area contributed by atoms with Crippen LogP contribution in [0.4, 0.5) is 0 Å². The first-order valence-electron chi connectivity index (χ1n) is 8.62. The fourth-order valence-corrected chi connectivity index (χ4v) is 3.29. The Morgan fingerprint density at radius 1 is 1.44 bits per heavy atom. The zero-order valence-electron chi connectivity index (χ0n) is 16.3. The molecule has 1 aliphatic carbocycles. The fourth-order valence-electron chi connectivity index (χ4n) is 2.27. The van der Waals surface area contributed by atoms with E-state index in [1.54, 1.807) is 42.6 Å². The van der Waals surface area contributed by atoms with Gasteiger partial charge in [0.15, 0.2) is 0 Å². The van der Waals surface area contributed by atoms with Gasteiger partial charge in [-0.1, -0.05) is 32.1 Å². The van der Waals surface area contributed by atoms with Crippen LogP contribution in [0.5, 0.6) is 0 Å². The van der Waals surface area contributed by atoms with E-state index in [0.29, 0.717) is 11.5 Å². The first-order valence-corrected chi connectivity index (χ1v) is 10.1. The molecule has 0 aromatic carbocycles. The fraction of sp³-hybridized carbons (Fsp3) is 0.368. The van der Waals surface area contributed by atoms with E-state index in [1.165, 1.54) is 18.7 Å². The molecule has 1 aliphatic rings. The van der Waals surface area contributed by atoms with E-state index < -0.39 is 17.0 Å². The monoisotopic (exact) mass is 393 g/mol. The van der Waals surface area contributed by atoms with E-state index in [2.05, 4.69) is 10.5 Å². The Labute approximate surface area is 163 Å². The van der Waals surface area contributed by atoms with Gasteiger partial charge in [-0.2, -0.15) is 5.10 Å². The van der Waals surface area contributed by atoms with Crippen LogP contribution in [0.1, 0.15) is 26.5 Å². The summed E-state index contributed by atoms with van der Waals surface area (Å²) in [5.74, 6) is 0.835. The molecule has 2 rings (SSSR count). The minimum Gasteiger partial charge on any atom is -0.497 e. The molecule has 1 amide bonds. The van der Waals surface area contributed by atoms with E-state index in [-0.39, 0.29) is 11.9 Å². The second-order valence-corrected chi connectivity index (χ2v) is 6.49. The average molecular weight is 394 g/mol. The lowest BCUT2D eigenvalue weighted by atomic mass is 10.2. The first kappa shape index (κ1) is 22.6. The molecular weight excluding hydrogens is 366 g/mol. The number of carbonyl (C=O) groups is 1. The summed E-state index contributed by atoms with van der Waals surface area (Å²) in [4.78, 5) is 12.3. The Balaban J connectivity index is 0.00000176. The summed E-state index contributed by atoms with van der Waals surface area (Å²) in [6.07, 6.45) is 13.5. The topological polar surface area (TPSA) is 84.1 Å². The standard InChI is InChI=1S/C17H21N3O4S.C2H6/c1-13(17(21)19-18-12-16-8-5-11-24-16)20(25(3)22)14-6-4-7-15(23-2)10-9-14;1-2/h4-14H,1-3H3,(H,19,21);1-2H3/b18-12+;. The molecule has 1 aromatic rings. The molecule has 0 bridgehead atoms. The largest absolute Gasteiger partial charge is 0.497 e. The van der Waals surface area contributed by atoms with E-state index in [0.717, 1.165) is 0 Å². The Morgan fingerprint density at radius 2 is 2.19 bits per heavy atom. The normalized spacial score (nSPS) is 18.3. The molecule has 1 heterocycles. The van der Waals surface area contributed by atoms with Crippen LogP contribution in [0.15, 0.2) is 64.1 Å². The summed E-state index contributed by atoms with van der Waals surface area (Å²) in [5.41, 5.74) is 2.44. The summed E-state index contributed by atoms with van der Waals surface area (Å²) < 4.78 is 24.1. The minimum absolute atomic E-state index is 0.315. The third-order valence-electron chi connectivity index (χ3n) is 3.52. The Morgan fingerprint density at radius 3 is 2.78 bits per heavy atom. The molecule has 7 nitrogen and oxygen atoms in total. The number of hydrogen-bond acceptors (Lipinski definition) is 5. The van der Waals surface area contributed by atoms with Crippen LogP contribution < -0.4 is 5.43 Å². The number of carbonyl (C=O) groups excluding carboxylic acids is 1. The lowest BCUT2D eigenvalue weighted by Crippen LogP contribution is -2.48. The molecule has 27 heavy (non-hydrogen) atoms. The summed E-state index contributed by atoms with van der Waals surface area (Å²) in [7, 11) is 0.205. The maximum atomic E-state index is 12.3. The summed E-state index contributed by atoms with van der Waals surface area (Å²) in [5, 5.41) is 3.86. The molecule has 3 atom stereocenters. The lowest BCUT2D eigenvalue weighted by molar-refractivity contribution is -0.124. The van der Waals surface area contributed by atoms with E-state index in [1.807, 2.05) is 32.1 Å². The van der Waals surface area contributed by atoms with Crippen LogP contribution in [0.2, 0.25) is 0 Å². The summed E-state index contributed by atoms with van der Waals surface area (Å²) >= 11 is 0. The molecule has 0 saturated carbocycles. The van der Waals surface area contributed by atoms with Crippen LogP contribution in [-0.2, 0) is 20.5 Å². The van der Waals surface area contributed by atoms with Gasteiger partial charge in [0.05, 0.1) is 36.6 Å². The highest BCUT2D eigenvalue weighted by Gasteiger charge is 2.29. The van der Waals surface area contributed by atoms with Crippen molar-refractivity contribution in [2.24, 2.45) is 5.10 Å². The number of allylic oxidation sites excluding steroid dienone is 3. The quantitative estimate of drug-likeness (QED) is 0.570. The van der Waals surface area contributed by atoms with Crippen molar-refractivity contribution in [1.29, 1.82) is 0 Å². The van der Waals surface area contributed by atoms with Crippen LogP contribution in [0, 0.1) is 0 Å². The molecule has 3 unspecified atom stereocenters. The van der Waals surface area contributed by atoms with E-state index in [4.69, 9.17) is 9.15 Å². The highest BCUT2D eigenvalue weighted by atomic mass is 32.2. The molecular formula is C19H27N3O4S. The predicted octanol–water partition coefficient (Wildman–Crippen LogP) is 2.76. The van der Waals surface area contributed by atoms with Crippen LogP contribution >= 0.6 is 0 Å². The summed E-state index contributed by atoms with van der Waals surface area (Å²) in [6.45, 7) is 5.68. The van der Waals surface area contributed by atoms with Gasteiger partial charge in [-0.25, -0.2) is 13.9 Å². The highest BCUT2D eigenvalue weighted by molar-refractivity contribution is 7.81. The zero-order valence-corrected chi connectivity index (χ0v) is 17.1. The average Bonchev–Trinajstić information content (AvgIpc) is 3.07. The van der Waals surface area contributed by atoms with Gasteiger partial charge >= 0.3 is 0 Å². The number of nitrogens with one attached hydrogen (secondary N) is 1. The van der Waals surface area contributed by atoms with E-state index >= 15 is 0 Å². The number of ether oxygens (including phenoxy) is 1. The SMILES string of the molecule is CC.COC1=CC=CC(N(C(C)C(=O)N/N=C/c2ccco2)S(C)=O)C=C1. The third-order valence-corrected chi connectivity index (χ3v) is 4.68. The molecule has 0 saturated heterocycles. The van der Waals surface area contributed by atoms with Gasteiger partial charge in [0.25, 0.3) is 5.91 Å². The Hall–Kier alpha value is -2.45. The molecule has 0 spiro atoms. The van der Waals surface area contributed by atoms with Crippen molar-refractivity contribution in [2.45, 2.75) is 32.9 Å². The van der Waals surface area contributed by atoms with Gasteiger partial charge in [0.1, 0.15) is 17.6 Å². The first-order chi connectivity index (χ1) is 13.0. The van der Waals surface area contributed by atoms with Crippen LogP contribution in [0.3, 0.4) is 0 Å². The van der Waals surface area contributed by atoms with Gasteiger partial charge < -0.3 is 9.15 Å². The van der Waals surface area contributed by atoms with Crippen molar-refractivity contribution in [2.75, 3.05) is 13.4 Å². The smallest absolute Gasteiger partial charge is 0.258 e. The number of hydrogen-bond donors (Lipinski definition) is 1. The second kappa shape index (κ2) is 12.0. The number of hydrazone groups is 1. The summed E-state index contributed by atoms with van der Waals surface area (Å²) in [6, 6.07) is 2.46. The molecule has 0 fully saturated rings. The van der Waals surface area contributed by atoms with Gasteiger partial charge in [0.2, 0.25) is 0 Å². The lowest BCUT2D eigenvalue weighted by Gasteiger charge is -2.29. The van der Waals surface area contributed by atoms with Crippen LogP contribution in [-0.4, -0.2) is 46.1 Å². The number of amides is 1. The number of furan rings is 1. The molecule has 0 aliphatic heterocycles. The highest BCUT2D eigenvalue weighted by Crippen LogP contribution is 2.16. The second-order valence-electron chi connectivity index (χ2n) is 5.22. The number of rotatable bonds is 7. The zero-order chi connectivity index (χ0) is 20.2. The third kappa shape index (κ3) is 6.99. The minimum atomic E-state index is -1.37. The maximum Gasteiger partial charge on any atom is 0.258 e. The predicted molar refractivity (Wildman–Crippen MR) is 108 cm³/mol. The molecule has 148 valence electrons. The molecule has 8 heteroatoms. The van der Waals surface area contributed by atoms with Crippen molar-refractivity contribution in [3.8, 4) is 0 Å². The Kier molecular flexibility index (Phi) is 10.1. The van der Waals surface area contributed by atoms with Crippen LogP contribution in [0.25, 0.3) is 0 Å².